The van der Waals surface area contributed by atoms with Crippen molar-refractivity contribution in [2.24, 2.45) is 5.10 Å². The van der Waals surface area contributed by atoms with Crippen LogP contribution in [0, 0.1) is 10.1 Å². The number of esters is 1. The Hall–Kier alpha value is -3.21. The maximum Gasteiger partial charge on any atom is 0.315 e. The molecule has 0 bridgehead atoms. The summed E-state index contributed by atoms with van der Waals surface area (Å²) in [6, 6.07) is 2.88. The maximum absolute atomic E-state index is 11.4. The Morgan fingerprint density at radius 1 is 1.41 bits per heavy atom. The van der Waals surface area contributed by atoms with Crippen molar-refractivity contribution in [3.63, 3.8) is 0 Å². The van der Waals surface area contributed by atoms with Crippen LogP contribution in [-0.4, -0.2) is 42.9 Å². The number of benzene rings is 1. The van der Waals surface area contributed by atoms with Gasteiger partial charge in [0.25, 0.3) is 0 Å². The highest BCUT2D eigenvalue weighted by atomic mass is 32.1. The average molecular weight is 394 g/mol. The molecule has 2 rings (SSSR count). The number of carbonyl (C=O) groups is 1. The third-order valence-electron chi connectivity index (χ3n) is 3.23. The first-order chi connectivity index (χ1) is 13.0. The highest BCUT2D eigenvalue weighted by Gasteiger charge is 2.21. The molecular weight excluding hydrogens is 376 g/mol. The number of nitrogens with one attached hydrogen (secondary N) is 1. The van der Waals surface area contributed by atoms with Crippen molar-refractivity contribution in [1.82, 2.24) is 4.98 Å². The smallest absolute Gasteiger partial charge is 0.315 e. The van der Waals surface area contributed by atoms with Gasteiger partial charge in [-0.15, -0.1) is 11.3 Å². The van der Waals surface area contributed by atoms with Gasteiger partial charge in [-0.2, -0.15) is 5.10 Å². The molecule has 11 heteroatoms. The molecule has 0 aliphatic carbocycles. The molecule has 27 heavy (non-hydrogen) atoms. The Labute approximate surface area is 158 Å². The molecule has 1 aromatic heterocycles. The van der Waals surface area contributed by atoms with Gasteiger partial charge in [0.05, 0.1) is 44.1 Å². The van der Waals surface area contributed by atoms with Crippen LogP contribution in [-0.2, 0) is 16.0 Å². The molecule has 0 fully saturated rings. The van der Waals surface area contributed by atoms with Crippen molar-refractivity contribution in [2.75, 3.05) is 26.3 Å². The minimum atomic E-state index is -0.561. The number of methoxy groups -OCH3 is 2. The Morgan fingerprint density at radius 2 is 2.19 bits per heavy atom. The van der Waals surface area contributed by atoms with Crippen molar-refractivity contribution in [3.05, 3.63) is 38.9 Å². The van der Waals surface area contributed by atoms with Crippen molar-refractivity contribution in [1.29, 1.82) is 0 Å². The molecule has 0 unspecified atom stereocenters. The summed E-state index contributed by atoms with van der Waals surface area (Å²) < 4.78 is 15.0. The number of rotatable bonds is 9. The van der Waals surface area contributed by atoms with Gasteiger partial charge in [-0.3, -0.25) is 20.3 Å². The van der Waals surface area contributed by atoms with Crippen molar-refractivity contribution in [3.8, 4) is 11.5 Å². The summed E-state index contributed by atoms with van der Waals surface area (Å²) in [6.07, 6.45) is 1.47. The quantitative estimate of drug-likeness (QED) is 0.298. The molecule has 0 atom stereocenters. The fourth-order valence-electron chi connectivity index (χ4n) is 2.14. The second-order valence-corrected chi connectivity index (χ2v) is 5.89. The SMILES string of the molecule is CCOC(=O)Cc1csc(NN=Cc2cc(OC)c(OC)c([N+](=O)[O-])c2)n1. The number of nitro groups is 1. The van der Waals surface area contributed by atoms with E-state index in [1.165, 1.54) is 37.8 Å². The van der Waals surface area contributed by atoms with E-state index in [1.807, 2.05) is 0 Å². The lowest BCUT2D eigenvalue weighted by atomic mass is 10.2. The van der Waals surface area contributed by atoms with Gasteiger partial charge < -0.3 is 14.2 Å². The molecule has 2 aromatic rings. The van der Waals surface area contributed by atoms with E-state index >= 15 is 0 Å². The van der Waals surface area contributed by atoms with E-state index in [9.17, 15) is 14.9 Å². The fraction of sp³-hybridized carbons (Fsp3) is 0.312. The number of nitro benzene ring substituents is 1. The zero-order valence-electron chi connectivity index (χ0n) is 14.9. The van der Waals surface area contributed by atoms with E-state index in [-0.39, 0.29) is 29.6 Å². The third-order valence-corrected chi connectivity index (χ3v) is 4.03. The normalized spacial score (nSPS) is 10.6. The van der Waals surface area contributed by atoms with Crippen LogP contribution in [0.5, 0.6) is 11.5 Å². The fourth-order valence-corrected chi connectivity index (χ4v) is 2.80. The molecular formula is C16H18N4O6S. The molecule has 144 valence electrons. The summed E-state index contributed by atoms with van der Waals surface area (Å²) in [4.78, 5) is 26.3. The number of hydrogen-bond acceptors (Lipinski definition) is 10. The van der Waals surface area contributed by atoms with Crippen molar-refractivity contribution in [2.45, 2.75) is 13.3 Å². The Bertz CT molecular complexity index is 851. The van der Waals surface area contributed by atoms with Gasteiger partial charge in [-0.25, -0.2) is 4.98 Å². The highest BCUT2D eigenvalue weighted by molar-refractivity contribution is 7.13. The Kier molecular flexibility index (Phi) is 7.06. The molecule has 0 spiro atoms. The lowest BCUT2D eigenvalue weighted by Crippen LogP contribution is -2.07. The number of aromatic nitrogens is 1. The highest BCUT2D eigenvalue weighted by Crippen LogP contribution is 2.37. The van der Waals surface area contributed by atoms with E-state index in [1.54, 1.807) is 18.4 Å². The number of nitrogens with zero attached hydrogens (tertiary/aromatic N) is 3. The van der Waals surface area contributed by atoms with Crippen LogP contribution in [0.1, 0.15) is 18.2 Å². The largest absolute Gasteiger partial charge is 0.493 e. The Morgan fingerprint density at radius 3 is 2.81 bits per heavy atom. The van der Waals surface area contributed by atoms with E-state index < -0.39 is 4.92 Å². The topological polar surface area (TPSA) is 125 Å². The van der Waals surface area contributed by atoms with Crippen LogP contribution >= 0.6 is 11.3 Å². The van der Waals surface area contributed by atoms with Crippen LogP contribution in [0.2, 0.25) is 0 Å². The van der Waals surface area contributed by atoms with Crippen molar-refractivity contribution >= 4 is 34.3 Å². The molecule has 1 N–H and O–H groups in total. The second-order valence-electron chi connectivity index (χ2n) is 5.03. The predicted molar refractivity (Wildman–Crippen MR) is 99.9 cm³/mol. The molecule has 0 aliphatic rings. The standard InChI is InChI=1S/C16H18N4O6S/c1-4-26-14(21)7-11-9-27-16(18-11)19-17-8-10-5-12(20(22)23)15(25-3)13(6-10)24-2/h5-6,8-9H,4,7H2,1-3H3,(H,18,19). The predicted octanol–water partition coefficient (Wildman–Crippen LogP) is 2.62. The van der Waals surface area contributed by atoms with Crippen LogP contribution in [0.4, 0.5) is 10.8 Å². The number of carbonyl (C=O) groups excluding carboxylic acids is 1. The number of ether oxygens (including phenoxy) is 3. The minimum absolute atomic E-state index is 0.0381. The van der Waals surface area contributed by atoms with E-state index in [2.05, 4.69) is 15.5 Å². The van der Waals surface area contributed by atoms with Crippen LogP contribution in [0.15, 0.2) is 22.6 Å². The number of thiazole rings is 1. The van der Waals surface area contributed by atoms with E-state index in [0.29, 0.717) is 23.0 Å². The first-order valence-corrected chi connectivity index (χ1v) is 8.66. The summed E-state index contributed by atoms with van der Waals surface area (Å²) in [7, 11) is 2.72. The first-order valence-electron chi connectivity index (χ1n) is 7.78. The molecule has 0 saturated heterocycles. The third kappa shape index (κ3) is 5.38. The number of anilines is 1. The molecule has 10 nitrogen and oxygen atoms in total. The summed E-state index contributed by atoms with van der Waals surface area (Å²) in [5.74, 6) is -0.0919. The van der Waals surface area contributed by atoms with Gasteiger partial charge in [0.2, 0.25) is 10.9 Å². The zero-order chi connectivity index (χ0) is 19.8. The van der Waals surface area contributed by atoms with E-state index in [4.69, 9.17) is 14.2 Å². The summed E-state index contributed by atoms with van der Waals surface area (Å²) in [6.45, 7) is 2.05. The molecule has 0 aliphatic heterocycles. The van der Waals surface area contributed by atoms with Gasteiger partial charge in [0.1, 0.15) is 0 Å². The molecule has 0 saturated carbocycles. The van der Waals surface area contributed by atoms with Crippen molar-refractivity contribution < 1.29 is 23.9 Å². The Balaban J connectivity index is 2.10. The van der Waals surface area contributed by atoms with Crippen LogP contribution < -0.4 is 14.9 Å². The lowest BCUT2D eigenvalue weighted by molar-refractivity contribution is -0.385. The minimum Gasteiger partial charge on any atom is -0.493 e. The summed E-state index contributed by atoms with van der Waals surface area (Å²) >= 11 is 1.27. The van der Waals surface area contributed by atoms with E-state index in [0.717, 1.165) is 0 Å². The van der Waals surface area contributed by atoms with Crippen LogP contribution in [0.25, 0.3) is 0 Å². The molecule has 1 aromatic carbocycles. The van der Waals surface area contributed by atoms with Gasteiger partial charge in [-0.1, -0.05) is 0 Å². The number of hydrogen-bond donors (Lipinski definition) is 1. The van der Waals surface area contributed by atoms with Gasteiger partial charge in [0.15, 0.2) is 5.75 Å². The van der Waals surface area contributed by atoms with Gasteiger partial charge in [0, 0.05) is 17.0 Å². The first kappa shape index (κ1) is 20.1. The lowest BCUT2D eigenvalue weighted by Gasteiger charge is -2.08. The average Bonchev–Trinajstić information content (AvgIpc) is 3.08. The van der Waals surface area contributed by atoms with Crippen LogP contribution in [0.3, 0.4) is 0 Å². The number of hydrazone groups is 1. The summed E-state index contributed by atoms with van der Waals surface area (Å²) in [5.41, 5.74) is 3.49. The molecule has 1 heterocycles. The molecule has 0 amide bonds. The maximum atomic E-state index is 11.4. The monoisotopic (exact) mass is 394 g/mol. The summed E-state index contributed by atoms with van der Waals surface area (Å²) in [5, 5.41) is 17.4. The van der Waals surface area contributed by atoms with Gasteiger partial charge in [-0.05, 0) is 13.0 Å². The zero-order valence-corrected chi connectivity index (χ0v) is 15.7. The second kappa shape index (κ2) is 9.48. The van der Waals surface area contributed by atoms with Gasteiger partial charge >= 0.3 is 11.7 Å². The molecule has 0 radical (unpaired) electrons.